The predicted octanol–water partition coefficient (Wildman–Crippen LogP) is 14.8. The van der Waals surface area contributed by atoms with Crippen molar-refractivity contribution in [2.75, 3.05) is 4.90 Å². The van der Waals surface area contributed by atoms with E-state index < -0.39 is 0 Å². The van der Waals surface area contributed by atoms with Gasteiger partial charge < -0.3 is 4.90 Å². The normalized spacial score (nSPS) is 12.8. The van der Waals surface area contributed by atoms with Crippen molar-refractivity contribution < 1.29 is 0 Å². The van der Waals surface area contributed by atoms with E-state index in [0.717, 1.165) is 17.1 Å². The molecule has 54 heavy (non-hydrogen) atoms. The lowest BCUT2D eigenvalue weighted by atomic mass is 9.81. The zero-order valence-electron chi connectivity index (χ0n) is 30.5. The highest BCUT2D eigenvalue weighted by Gasteiger charge is 2.36. The van der Waals surface area contributed by atoms with Crippen LogP contribution in [0.15, 0.2) is 200 Å². The van der Waals surface area contributed by atoms with Crippen molar-refractivity contribution in [3.05, 3.63) is 211 Å². The molecule has 256 valence electrons. The van der Waals surface area contributed by atoms with E-state index in [9.17, 15) is 0 Å². The number of rotatable bonds is 6. The number of hydrogen-bond acceptors (Lipinski definition) is 1. The molecule has 0 bridgehead atoms. The molecule has 9 aromatic carbocycles. The van der Waals surface area contributed by atoms with Crippen LogP contribution >= 0.6 is 0 Å². The molecule has 0 unspecified atom stereocenters. The number of para-hydroxylation sites is 1. The lowest BCUT2D eigenvalue weighted by molar-refractivity contribution is 0.660. The predicted molar refractivity (Wildman–Crippen MR) is 230 cm³/mol. The Labute approximate surface area is 317 Å². The first-order chi connectivity index (χ1) is 26.5. The average molecular weight is 690 g/mol. The minimum Gasteiger partial charge on any atom is -0.310 e. The average Bonchev–Trinajstić information content (AvgIpc) is 3.46. The Hall–Kier alpha value is -6.70. The number of nitrogens with zero attached hydrogens (tertiary/aromatic N) is 1. The van der Waals surface area contributed by atoms with Crippen LogP contribution < -0.4 is 4.90 Å². The van der Waals surface area contributed by atoms with E-state index in [1.165, 1.54) is 77.2 Å². The summed E-state index contributed by atoms with van der Waals surface area (Å²) >= 11 is 0. The Bertz CT molecular complexity index is 2820. The van der Waals surface area contributed by atoms with Crippen LogP contribution in [0, 0.1) is 0 Å². The summed E-state index contributed by atoms with van der Waals surface area (Å²) in [6.07, 6.45) is 0. The van der Waals surface area contributed by atoms with Gasteiger partial charge in [-0.05, 0) is 120 Å². The zero-order valence-corrected chi connectivity index (χ0v) is 30.5. The molecule has 0 spiro atoms. The molecular weight excluding hydrogens is 651 g/mol. The first-order valence-electron chi connectivity index (χ1n) is 18.8. The van der Waals surface area contributed by atoms with E-state index in [2.05, 4.69) is 219 Å². The van der Waals surface area contributed by atoms with Gasteiger partial charge in [0.05, 0.1) is 0 Å². The Morgan fingerprint density at radius 1 is 0.315 bits per heavy atom. The molecule has 1 aliphatic carbocycles. The number of hydrogen-bond donors (Lipinski definition) is 0. The van der Waals surface area contributed by atoms with Crippen LogP contribution in [0.2, 0.25) is 0 Å². The Balaban J connectivity index is 0.994. The molecule has 0 atom stereocenters. The molecule has 1 nitrogen and oxygen atoms in total. The highest BCUT2D eigenvalue weighted by Crippen LogP contribution is 2.51. The monoisotopic (exact) mass is 689 g/mol. The van der Waals surface area contributed by atoms with E-state index in [1.807, 2.05) is 0 Å². The summed E-state index contributed by atoms with van der Waals surface area (Å²) in [6, 6.07) is 73.3. The maximum absolute atomic E-state index is 2.42. The molecular formula is C53H39N. The molecule has 0 fully saturated rings. The molecule has 0 N–H and O–H groups in total. The molecule has 9 aromatic rings. The molecule has 0 saturated carbocycles. The van der Waals surface area contributed by atoms with Gasteiger partial charge in [0.1, 0.15) is 0 Å². The minimum atomic E-state index is -0.167. The SMILES string of the molecule is CC1(C)c2cc(-c3ccc(-c4cccc5ccccc45)cc3)ccc2-c2ccc(N(c3ccccc3)c3ccc(-c4cccc5ccccc45)cc3)cc21. The van der Waals surface area contributed by atoms with E-state index >= 15 is 0 Å². The van der Waals surface area contributed by atoms with E-state index in [0.29, 0.717) is 0 Å². The highest BCUT2D eigenvalue weighted by atomic mass is 15.1. The summed E-state index contributed by atoms with van der Waals surface area (Å²) < 4.78 is 0. The van der Waals surface area contributed by atoms with Gasteiger partial charge in [-0.25, -0.2) is 0 Å². The fraction of sp³-hybridized carbons (Fsp3) is 0.0566. The third kappa shape index (κ3) is 5.32. The highest BCUT2D eigenvalue weighted by molar-refractivity contribution is 5.98. The standard InChI is InChI=1S/C53H39N/c1-53(2)51-34-41(36-22-24-39(25-23-36)47-20-10-14-37-12-6-8-18-45(37)47)28-32-49(51)50-33-31-44(35-52(50)53)54(42-16-4-3-5-17-42)43-29-26-40(27-30-43)48-21-11-15-38-13-7-9-19-46(38)48/h3-35H,1-2H3. The largest absolute Gasteiger partial charge is 0.310 e. The fourth-order valence-corrected chi connectivity index (χ4v) is 8.65. The van der Waals surface area contributed by atoms with E-state index in [-0.39, 0.29) is 5.41 Å². The molecule has 0 radical (unpaired) electrons. The van der Waals surface area contributed by atoms with E-state index in [4.69, 9.17) is 0 Å². The number of benzene rings is 9. The molecule has 0 aromatic heterocycles. The second-order valence-electron chi connectivity index (χ2n) is 15.0. The summed E-state index contributed by atoms with van der Waals surface area (Å²) in [4.78, 5) is 2.38. The van der Waals surface area contributed by atoms with Gasteiger partial charge in [-0.1, -0.05) is 172 Å². The van der Waals surface area contributed by atoms with Crippen molar-refractivity contribution in [1.29, 1.82) is 0 Å². The van der Waals surface area contributed by atoms with Crippen LogP contribution in [-0.4, -0.2) is 0 Å². The van der Waals surface area contributed by atoms with Crippen molar-refractivity contribution in [1.82, 2.24) is 0 Å². The Morgan fingerprint density at radius 2 is 0.759 bits per heavy atom. The number of anilines is 3. The summed E-state index contributed by atoms with van der Waals surface area (Å²) in [6.45, 7) is 4.75. The Kier molecular flexibility index (Phi) is 7.56. The van der Waals surface area contributed by atoms with Gasteiger partial charge in [0.15, 0.2) is 0 Å². The van der Waals surface area contributed by atoms with Crippen molar-refractivity contribution in [3.63, 3.8) is 0 Å². The molecule has 10 rings (SSSR count). The van der Waals surface area contributed by atoms with Gasteiger partial charge in [0, 0.05) is 22.5 Å². The number of fused-ring (bicyclic) bond motifs is 5. The molecule has 0 amide bonds. The first-order valence-corrected chi connectivity index (χ1v) is 18.8. The summed E-state index contributed by atoms with van der Waals surface area (Å²) in [7, 11) is 0. The van der Waals surface area contributed by atoms with Crippen LogP contribution in [0.3, 0.4) is 0 Å². The van der Waals surface area contributed by atoms with Gasteiger partial charge in [0.25, 0.3) is 0 Å². The third-order valence-corrected chi connectivity index (χ3v) is 11.5. The van der Waals surface area contributed by atoms with Gasteiger partial charge >= 0.3 is 0 Å². The maximum Gasteiger partial charge on any atom is 0.0465 e. The third-order valence-electron chi connectivity index (χ3n) is 11.5. The minimum absolute atomic E-state index is 0.167. The second kappa shape index (κ2) is 12.8. The van der Waals surface area contributed by atoms with Crippen molar-refractivity contribution in [2.45, 2.75) is 19.3 Å². The van der Waals surface area contributed by atoms with Gasteiger partial charge in [-0.15, -0.1) is 0 Å². The van der Waals surface area contributed by atoms with Crippen LogP contribution in [0.1, 0.15) is 25.0 Å². The van der Waals surface area contributed by atoms with Gasteiger partial charge in [0.2, 0.25) is 0 Å². The quantitative estimate of drug-likeness (QED) is 0.168. The summed E-state index contributed by atoms with van der Waals surface area (Å²) in [5, 5.41) is 5.08. The zero-order chi connectivity index (χ0) is 36.2. The van der Waals surface area contributed by atoms with Crippen LogP contribution in [0.25, 0.3) is 66.1 Å². The summed E-state index contributed by atoms with van der Waals surface area (Å²) in [5.41, 5.74) is 16.1. The maximum atomic E-state index is 2.42. The van der Waals surface area contributed by atoms with Gasteiger partial charge in [-0.2, -0.15) is 0 Å². The smallest absolute Gasteiger partial charge is 0.0465 e. The first kappa shape index (κ1) is 32.0. The Morgan fingerprint density at radius 3 is 1.39 bits per heavy atom. The van der Waals surface area contributed by atoms with Gasteiger partial charge in [-0.3, -0.25) is 0 Å². The molecule has 0 saturated heterocycles. The molecule has 0 aliphatic heterocycles. The van der Waals surface area contributed by atoms with Crippen molar-refractivity contribution in [2.24, 2.45) is 0 Å². The molecule has 1 aliphatic rings. The van der Waals surface area contributed by atoms with Crippen LogP contribution in [-0.2, 0) is 5.41 Å². The fourth-order valence-electron chi connectivity index (χ4n) is 8.65. The van der Waals surface area contributed by atoms with Crippen LogP contribution in [0.4, 0.5) is 17.1 Å². The van der Waals surface area contributed by atoms with Crippen molar-refractivity contribution >= 4 is 38.6 Å². The second-order valence-corrected chi connectivity index (χ2v) is 15.0. The lowest BCUT2D eigenvalue weighted by Crippen LogP contribution is -2.16. The topological polar surface area (TPSA) is 3.24 Å². The lowest BCUT2D eigenvalue weighted by Gasteiger charge is -2.28. The molecule has 0 heterocycles. The molecule has 1 heteroatoms. The summed E-state index contributed by atoms with van der Waals surface area (Å²) in [5.74, 6) is 0. The van der Waals surface area contributed by atoms with Crippen molar-refractivity contribution in [3.8, 4) is 44.5 Å². The van der Waals surface area contributed by atoms with Crippen LogP contribution in [0.5, 0.6) is 0 Å². The van der Waals surface area contributed by atoms with E-state index in [1.54, 1.807) is 0 Å².